The lowest BCUT2D eigenvalue weighted by atomic mass is 10.4. The lowest BCUT2D eigenvalue weighted by molar-refractivity contribution is 1.50. The fourth-order valence-electron chi connectivity index (χ4n) is 0.770. The van der Waals surface area contributed by atoms with Gasteiger partial charge in [0.05, 0.1) is 0 Å². The molecule has 0 radical (unpaired) electrons. The molecule has 2 aromatic rings. The van der Waals surface area contributed by atoms with Crippen LogP contribution in [0.5, 0.6) is 0 Å². The lowest BCUT2D eigenvalue weighted by Gasteiger charge is -1.69. The predicted molar refractivity (Wildman–Crippen MR) is 79.8 cm³/mol. The van der Waals surface area contributed by atoms with Gasteiger partial charge in [-0.3, -0.25) is 0 Å². The van der Waals surface area contributed by atoms with Crippen molar-refractivity contribution in [3.63, 3.8) is 0 Å². The summed E-state index contributed by atoms with van der Waals surface area (Å²) < 4.78 is 5.75. The molecule has 2 rings (SSSR count). The molecule has 0 aromatic heterocycles. The maximum atomic E-state index is 5.75. The van der Waals surface area contributed by atoms with Crippen LogP contribution < -0.4 is 0 Å². The van der Waals surface area contributed by atoms with Crippen molar-refractivity contribution >= 4 is 0 Å². The standard InChI is InChI=1S/2C6H6.C2H6.2CH4.H2/c2*1-2-4-6-5-3-1;1-2;;;/h2*1-6H;1-2H3;2*1H4;1H/i;;;1D;;1+1. The summed E-state index contributed by atoms with van der Waals surface area (Å²) in [5.41, 5.74) is 0. The van der Waals surface area contributed by atoms with Gasteiger partial charge in [-0.1, -0.05) is 101 Å². The molecule has 0 saturated carbocycles. The molecule has 0 nitrogen and oxygen atoms in total. The zero-order valence-electron chi connectivity index (χ0n) is 10.9. The van der Waals surface area contributed by atoms with E-state index < -0.39 is 0 Å². The summed E-state index contributed by atoms with van der Waals surface area (Å²) in [6.07, 6.45) is 0. The van der Waals surface area contributed by atoms with Gasteiger partial charge in [-0.05, 0) is 0 Å². The van der Waals surface area contributed by atoms with Crippen molar-refractivity contribution in [2.24, 2.45) is 0 Å². The van der Waals surface area contributed by atoms with E-state index in [1.807, 2.05) is 86.6 Å². The summed E-state index contributed by atoms with van der Waals surface area (Å²) in [5, 5.41) is 0. The number of rotatable bonds is 0. The van der Waals surface area contributed by atoms with Crippen molar-refractivity contribution < 1.29 is 2.80 Å². The zero-order chi connectivity index (χ0) is 12.5. The Morgan fingerprint density at radius 3 is 0.625 bits per heavy atom. The molecule has 0 aliphatic carbocycles. The number of hydrogen-bond donors (Lipinski definition) is 0. The molecule has 0 unspecified atom stereocenters. The van der Waals surface area contributed by atoms with Gasteiger partial charge in [-0.2, -0.15) is 0 Å². The Morgan fingerprint density at radius 2 is 0.562 bits per heavy atom. The van der Waals surface area contributed by atoms with Crippen LogP contribution in [-0.4, -0.2) is 0 Å². The van der Waals surface area contributed by atoms with Crippen molar-refractivity contribution in [1.82, 2.24) is 0 Å². The van der Waals surface area contributed by atoms with E-state index in [1.165, 1.54) is 7.40 Å². The molecule has 0 fully saturated rings. The summed E-state index contributed by atoms with van der Waals surface area (Å²) >= 11 is 0. The van der Waals surface area contributed by atoms with Crippen LogP contribution in [0.3, 0.4) is 0 Å². The highest BCUT2D eigenvalue weighted by Gasteiger charge is 1.58. The molecule has 0 atom stereocenters. The van der Waals surface area contributed by atoms with Gasteiger partial charge in [0.2, 0.25) is 0 Å². The van der Waals surface area contributed by atoms with Gasteiger partial charge in [-0.15, -0.1) is 0 Å². The topological polar surface area (TPSA) is 0 Å². The first kappa shape index (κ1) is 16.9. The van der Waals surface area contributed by atoms with E-state index in [2.05, 4.69) is 0 Å². The molecule has 0 heteroatoms. The van der Waals surface area contributed by atoms with Crippen LogP contribution in [-0.2, 0) is 0 Å². The van der Waals surface area contributed by atoms with Crippen molar-refractivity contribution in [2.45, 2.75) is 28.7 Å². The average Bonchev–Trinajstić information content (AvgIpc) is 2.48. The van der Waals surface area contributed by atoms with E-state index in [4.69, 9.17) is 1.37 Å². The molecule has 0 saturated heterocycles. The first-order valence-electron chi connectivity index (χ1n) is 6.00. The third-order valence-corrected chi connectivity index (χ3v) is 1.33. The predicted octanol–water partition coefficient (Wildman–Crippen LogP) is 5.92. The van der Waals surface area contributed by atoms with Gasteiger partial charge in [0.25, 0.3) is 0 Å². The average molecular weight is 222 g/mol. The highest BCUT2D eigenvalue weighted by molar-refractivity contribution is 4.99. The highest BCUT2D eigenvalue weighted by Crippen LogP contribution is 1.80. The van der Waals surface area contributed by atoms with Gasteiger partial charge >= 0.3 is 0 Å². The smallest absolute Gasteiger partial charge is 0.0194 e. The molecule has 0 aliphatic heterocycles. The molecule has 0 bridgehead atoms. The van der Waals surface area contributed by atoms with Crippen LogP contribution in [0.2, 0.25) is 0 Å². The second kappa shape index (κ2) is 19.1. The molecule has 0 amide bonds. The lowest BCUT2D eigenvalue weighted by Crippen LogP contribution is -1.47. The van der Waals surface area contributed by atoms with Gasteiger partial charge in [0.15, 0.2) is 0 Å². The summed E-state index contributed by atoms with van der Waals surface area (Å²) in [5.74, 6) is 0. The second-order valence-corrected chi connectivity index (χ2v) is 2.31. The van der Waals surface area contributed by atoms with Crippen LogP contribution in [0, 0.1) is 0 Å². The van der Waals surface area contributed by atoms with Crippen molar-refractivity contribution in [1.29, 1.82) is 0 Å². The van der Waals surface area contributed by atoms with Crippen molar-refractivity contribution in [3.8, 4) is 0 Å². The van der Waals surface area contributed by atoms with E-state index in [9.17, 15) is 0 Å². The summed E-state index contributed by atoms with van der Waals surface area (Å²) in [6, 6.07) is 24.0. The number of benzene rings is 2. The molecule has 0 aliphatic rings. The van der Waals surface area contributed by atoms with E-state index in [1.54, 1.807) is 0 Å². The minimum Gasteiger partial charge on any atom is -0.0776 e. The quantitative estimate of drug-likeness (QED) is 0.519. The molecule has 92 valence electrons. The van der Waals surface area contributed by atoms with E-state index >= 15 is 0 Å². The van der Waals surface area contributed by atoms with E-state index in [-0.39, 0.29) is 8.85 Å². The molecule has 0 heterocycles. The molecule has 0 spiro atoms. The van der Waals surface area contributed by atoms with Gasteiger partial charge in [0.1, 0.15) is 0 Å². The third-order valence-electron chi connectivity index (χ3n) is 1.33. The first-order chi connectivity index (χ1) is 8.00. The Hall–Kier alpha value is -1.56. The normalized spacial score (nSPS) is 6.81. The molecule has 16 heavy (non-hydrogen) atoms. The van der Waals surface area contributed by atoms with Crippen LogP contribution >= 0.6 is 0 Å². The van der Waals surface area contributed by atoms with Gasteiger partial charge < -0.3 is 0 Å². The number of hydrogen-bond acceptors (Lipinski definition) is 0. The van der Waals surface area contributed by atoms with Crippen LogP contribution in [0.25, 0.3) is 0 Å². The molecular formula is C16H28. The summed E-state index contributed by atoms with van der Waals surface area (Å²) in [6.45, 7) is 4.00. The molecule has 2 aromatic carbocycles. The Bertz CT molecular complexity index is 184. The minimum absolute atomic E-state index is 0. The van der Waals surface area contributed by atoms with Crippen LogP contribution in [0.4, 0.5) is 0 Å². The Morgan fingerprint density at radius 1 is 0.500 bits per heavy atom. The highest BCUT2D eigenvalue weighted by atomic mass is 13.7. The van der Waals surface area contributed by atoms with Crippen LogP contribution in [0.1, 0.15) is 31.5 Å². The Labute approximate surface area is 105 Å². The van der Waals surface area contributed by atoms with E-state index in [0.29, 0.717) is 0 Å². The monoisotopic (exact) mass is 222 g/mol. The van der Waals surface area contributed by atoms with Crippen molar-refractivity contribution in [2.75, 3.05) is 0 Å². The maximum Gasteiger partial charge on any atom is 0.0194 e. The summed E-state index contributed by atoms with van der Waals surface area (Å²) in [7, 11) is 1.25. The SMILES string of the molecule is C.CC.[2HH].[2H]C.c1ccccc1.c1ccccc1. The third kappa shape index (κ3) is 14.9. The van der Waals surface area contributed by atoms with Crippen molar-refractivity contribution in [3.05, 3.63) is 72.8 Å². The first-order valence-corrected chi connectivity index (χ1v) is 5.00. The largest absolute Gasteiger partial charge is 0.0776 e. The Balaban J connectivity index is -0.0000000787. The maximum absolute atomic E-state index is 5.75. The van der Waals surface area contributed by atoms with E-state index in [0.717, 1.165) is 0 Å². The second-order valence-electron chi connectivity index (χ2n) is 2.31. The molecular weight excluding hydrogens is 192 g/mol. The fourth-order valence-corrected chi connectivity index (χ4v) is 0.770. The van der Waals surface area contributed by atoms with Gasteiger partial charge in [-0.25, -0.2) is 0 Å². The van der Waals surface area contributed by atoms with Gasteiger partial charge in [0, 0.05) is 2.80 Å². The minimum atomic E-state index is 0. The fraction of sp³-hybridized carbons (Fsp3) is 0.250. The molecule has 0 N–H and O–H groups in total. The van der Waals surface area contributed by atoms with Crippen LogP contribution in [0.15, 0.2) is 72.8 Å². The Kier molecular flexibility index (Phi) is 20.1. The zero-order valence-corrected chi connectivity index (χ0v) is 9.93. The summed E-state index contributed by atoms with van der Waals surface area (Å²) in [4.78, 5) is 0.